The van der Waals surface area contributed by atoms with Crippen LogP contribution in [0, 0.1) is 0 Å². The van der Waals surface area contributed by atoms with E-state index >= 15 is 0 Å². The van der Waals surface area contributed by atoms with E-state index in [9.17, 15) is 40.9 Å². The van der Waals surface area contributed by atoms with Crippen molar-refractivity contribution >= 4 is 11.2 Å². The van der Waals surface area contributed by atoms with E-state index in [4.69, 9.17) is 40.9 Å². The summed E-state index contributed by atoms with van der Waals surface area (Å²) in [4.78, 5) is 15.2. The number of nitrogens with two attached hydrogens (primary N) is 3. The number of aliphatic hydroxyl groups is 8. The molecule has 2 aromatic heterocycles. The lowest BCUT2D eigenvalue weighted by atomic mass is 9.85. The van der Waals surface area contributed by atoms with E-state index in [1.807, 2.05) is 0 Å². The molecule has 0 aliphatic carbocycles. The number of aromatic nitrogens is 4. The van der Waals surface area contributed by atoms with E-state index in [1.54, 1.807) is 0 Å². The number of aromatic amines is 1. The number of H-pyrrole nitrogens is 1. The molecular formula is C23H37N7O13. The summed E-state index contributed by atoms with van der Waals surface area (Å²) in [6.45, 7) is -2.39. The van der Waals surface area contributed by atoms with E-state index < -0.39 is 111 Å². The summed E-state index contributed by atoms with van der Waals surface area (Å²) in [6.07, 6.45) is -14.3. The van der Waals surface area contributed by atoms with Crippen LogP contribution in [-0.2, 0) is 29.3 Å². The van der Waals surface area contributed by atoms with Gasteiger partial charge in [-0.15, -0.1) is 0 Å². The first-order chi connectivity index (χ1) is 20.5. The van der Waals surface area contributed by atoms with Crippen LogP contribution in [0.3, 0.4) is 0 Å². The van der Waals surface area contributed by atoms with Crippen LogP contribution in [-0.4, -0.2) is 166 Å². The Morgan fingerprint density at radius 2 is 1.42 bits per heavy atom. The van der Waals surface area contributed by atoms with Crippen LogP contribution < -0.4 is 17.2 Å². The van der Waals surface area contributed by atoms with Crippen molar-refractivity contribution in [2.24, 2.45) is 17.2 Å². The highest BCUT2D eigenvalue weighted by molar-refractivity contribution is 5.68. The number of ether oxygens (including phenoxy) is 5. The lowest BCUT2D eigenvalue weighted by molar-refractivity contribution is -0.364. The van der Waals surface area contributed by atoms with Crippen LogP contribution in [0.4, 0.5) is 0 Å². The van der Waals surface area contributed by atoms with Gasteiger partial charge < -0.3 is 86.7 Å². The lowest BCUT2D eigenvalue weighted by Gasteiger charge is -2.50. The summed E-state index contributed by atoms with van der Waals surface area (Å²) < 4.78 is 28.4. The summed E-state index contributed by atoms with van der Waals surface area (Å²) in [6, 6.07) is -4.17. The minimum absolute atomic E-state index is 0.177. The number of hydrogen-bond donors (Lipinski definition) is 12. The number of hydrogen-bond acceptors (Lipinski definition) is 19. The van der Waals surface area contributed by atoms with Crippen LogP contribution in [0.5, 0.6) is 0 Å². The quantitative estimate of drug-likeness (QED) is 0.130. The lowest BCUT2D eigenvalue weighted by Crippen LogP contribution is -2.70. The predicted octanol–water partition coefficient (Wildman–Crippen LogP) is -7.48. The fourth-order valence-corrected chi connectivity index (χ4v) is 5.41. The van der Waals surface area contributed by atoms with Crippen LogP contribution in [0.2, 0.25) is 0 Å². The van der Waals surface area contributed by atoms with Crippen molar-refractivity contribution in [2.75, 3.05) is 19.8 Å². The normalized spacial score (nSPS) is 45.8. The molecule has 15 atom stereocenters. The third kappa shape index (κ3) is 5.63. The first-order valence-corrected chi connectivity index (χ1v) is 13.4. The topological polar surface area (TPSA) is 341 Å². The maximum atomic E-state index is 11.1. The van der Waals surface area contributed by atoms with Crippen LogP contribution >= 0.6 is 0 Å². The molecule has 0 aromatic carbocycles. The van der Waals surface area contributed by atoms with Gasteiger partial charge in [0.25, 0.3) is 0 Å². The van der Waals surface area contributed by atoms with Crippen molar-refractivity contribution in [2.45, 2.75) is 91.4 Å². The van der Waals surface area contributed by atoms with Crippen LogP contribution in [0.15, 0.2) is 12.5 Å². The minimum atomic E-state index is -2.16. The van der Waals surface area contributed by atoms with Gasteiger partial charge in [-0.25, -0.2) is 15.0 Å². The molecule has 0 saturated carbocycles. The Hall–Kier alpha value is -2.09. The van der Waals surface area contributed by atoms with Gasteiger partial charge in [0.05, 0.1) is 50.5 Å². The Balaban J connectivity index is 1.36. The number of nitrogens with zero attached hydrogens (tertiary/aromatic N) is 3. The van der Waals surface area contributed by atoms with Gasteiger partial charge in [-0.3, -0.25) is 0 Å². The molecular weight excluding hydrogens is 582 g/mol. The van der Waals surface area contributed by atoms with Crippen LogP contribution in [0.1, 0.15) is 5.82 Å². The fraction of sp³-hybridized carbons (Fsp3) is 0.783. The molecule has 6 unspecified atom stereocenters. The minimum Gasteiger partial charge on any atom is -0.394 e. The smallest absolute Gasteiger partial charge is 0.182 e. The standard InChI is InChI=1S/C23H37N7O13/c24-9-12(34)15(7(2-31)39-19(9)38)41-20-10(25)13(35)16(8(3-32)40-20)42-21-11(26)14(36)17(37)23(4-33,43-21)22-27-1-6-18(30-22)29-5-28-6/h1,5,7-17,19-21,31-38H,2-4,24-26H2,(H,27,28,29,30)/t7-,8-,9?,10?,11-,12?,13-,14-,15?,16?,17+,19?,20+,21-,23-/m1/s1. The summed E-state index contributed by atoms with van der Waals surface area (Å²) in [5, 5.41) is 83.4. The van der Waals surface area contributed by atoms with Crippen molar-refractivity contribution < 1.29 is 64.5 Å². The number of rotatable bonds is 8. The van der Waals surface area contributed by atoms with E-state index in [-0.39, 0.29) is 11.5 Å². The summed E-state index contributed by atoms with van der Waals surface area (Å²) in [5.74, 6) is -0.249. The molecule has 20 nitrogen and oxygen atoms in total. The molecule has 2 aromatic rings. The molecule has 20 heteroatoms. The Kier molecular flexibility index (Phi) is 9.56. The van der Waals surface area contributed by atoms with Crippen molar-refractivity contribution in [1.82, 2.24) is 19.9 Å². The molecule has 3 aliphatic heterocycles. The molecule has 0 radical (unpaired) electrons. The fourth-order valence-electron chi connectivity index (χ4n) is 5.41. The molecule has 3 aliphatic rings. The highest BCUT2D eigenvalue weighted by atomic mass is 16.7. The average molecular weight is 620 g/mol. The molecule has 5 heterocycles. The highest BCUT2D eigenvalue weighted by Gasteiger charge is 2.58. The van der Waals surface area contributed by atoms with Crippen molar-refractivity contribution in [3.8, 4) is 0 Å². The van der Waals surface area contributed by atoms with Gasteiger partial charge in [-0.2, -0.15) is 0 Å². The molecule has 0 amide bonds. The van der Waals surface area contributed by atoms with Crippen molar-refractivity contribution in [3.05, 3.63) is 18.3 Å². The van der Waals surface area contributed by atoms with E-state index in [1.165, 1.54) is 12.5 Å². The molecule has 242 valence electrons. The number of imidazole rings is 1. The highest BCUT2D eigenvalue weighted by Crippen LogP contribution is 2.38. The van der Waals surface area contributed by atoms with Gasteiger partial charge in [-0.05, 0) is 0 Å². The molecule has 0 bridgehead atoms. The summed E-state index contributed by atoms with van der Waals surface area (Å²) in [7, 11) is 0. The maximum Gasteiger partial charge on any atom is 0.182 e. The van der Waals surface area contributed by atoms with Gasteiger partial charge in [0.1, 0.15) is 54.3 Å². The number of aliphatic hydroxyl groups excluding tert-OH is 8. The first kappa shape index (κ1) is 32.3. The van der Waals surface area contributed by atoms with E-state index in [0.717, 1.165) is 0 Å². The monoisotopic (exact) mass is 619 g/mol. The van der Waals surface area contributed by atoms with Gasteiger partial charge in [0.2, 0.25) is 0 Å². The SMILES string of the molecule is NC1C(O)O[C@H](CO)C(O[C@@H]2O[C@H](CO)C(O[C@@H]3O[C@@](CO)(c4ncc5[nH]cnc5n4)[C@@H](O)[C@H](O)[C@H]3N)[C@H](O)C2N)C1O. The molecule has 3 fully saturated rings. The third-order valence-corrected chi connectivity index (χ3v) is 8.03. The zero-order valence-corrected chi connectivity index (χ0v) is 22.6. The maximum absolute atomic E-state index is 11.1. The van der Waals surface area contributed by atoms with E-state index in [2.05, 4.69) is 19.9 Å². The second-order valence-corrected chi connectivity index (χ2v) is 10.7. The Morgan fingerprint density at radius 1 is 0.814 bits per heavy atom. The molecule has 43 heavy (non-hydrogen) atoms. The zero-order chi connectivity index (χ0) is 31.2. The summed E-state index contributed by atoms with van der Waals surface area (Å²) >= 11 is 0. The van der Waals surface area contributed by atoms with Crippen molar-refractivity contribution in [3.63, 3.8) is 0 Å². The third-order valence-electron chi connectivity index (χ3n) is 8.03. The molecule has 0 spiro atoms. The summed E-state index contributed by atoms with van der Waals surface area (Å²) in [5.41, 5.74) is 16.5. The predicted molar refractivity (Wildman–Crippen MR) is 137 cm³/mol. The van der Waals surface area contributed by atoms with Gasteiger partial charge in [-0.1, -0.05) is 0 Å². The Bertz CT molecular complexity index is 1230. The second-order valence-electron chi connectivity index (χ2n) is 10.7. The zero-order valence-electron chi connectivity index (χ0n) is 22.6. The Labute approximate surface area is 242 Å². The number of fused-ring (bicyclic) bond motifs is 1. The van der Waals surface area contributed by atoms with Gasteiger partial charge in [0, 0.05) is 0 Å². The van der Waals surface area contributed by atoms with Gasteiger partial charge in [0.15, 0.2) is 35.9 Å². The second kappa shape index (κ2) is 12.7. The largest absolute Gasteiger partial charge is 0.394 e. The number of nitrogens with one attached hydrogen (secondary N) is 1. The van der Waals surface area contributed by atoms with Crippen molar-refractivity contribution in [1.29, 1.82) is 0 Å². The van der Waals surface area contributed by atoms with Gasteiger partial charge >= 0.3 is 0 Å². The van der Waals surface area contributed by atoms with Crippen LogP contribution in [0.25, 0.3) is 11.2 Å². The molecule has 5 rings (SSSR count). The van der Waals surface area contributed by atoms with E-state index in [0.29, 0.717) is 5.52 Å². The average Bonchev–Trinajstić information content (AvgIpc) is 3.49. The first-order valence-electron chi connectivity index (χ1n) is 13.4. The molecule has 3 saturated heterocycles. The molecule has 15 N–H and O–H groups in total. The Morgan fingerprint density at radius 3 is 2.07 bits per heavy atom.